The molecule has 0 aliphatic heterocycles. The van der Waals surface area contributed by atoms with Crippen LogP contribution in [0.2, 0.25) is 0 Å². The maximum Gasteiger partial charge on any atom is 0.267 e. The first kappa shape index (κ1) is 22.0. The van der Waals surface area contributed by atoms with Crippen LogP contribution in [0.1, 0.15) is 35.8 Å². The highest BCUT2D eigenvalue weighted by Gasteiger charge is 2.23. The van der Waals surface area contributed by atoms with Gasteiger partial charge in [0.2, 0.25) is 5.91 Å². The topological polar surface area (TPSA) is 73.2 Å². The number of fused-ring (bicyclic) bond motifs is 3. The lowest BCUT2D eigenvalue weighted by Gasteiger charge is -2.15. The largest absolute Gasteiger partial charge is 0.383 e. The number of thioether (sulfide) groups is 1. The lowest BCUT2D eigenvalue weighted by Crippen LogP contribution is -2.36. The average molecular weight is 458 g/mol. The first-order valence-corrected chi connectivity index (χ1v) is 12.3. The molecule has 1 N–H and O–H groups in total. The zero-order valence-electron chi connectivity index (χ0n) is 18.1. The Labute approximate surface area is 190 Å². The second kappa shape index (κ2) is 9.54. The van der Waals surface area contributed by atoms with Crippen LogP contribution in [-0.4, -0.2) is 41.0 Å². The van der Waals surface area contributed by atoms with Crippen molar-refractivity contribution in [1.82, 2.24) is 14.9 Å². The molecule has 1 unspecified atom stereocenters. The Morgan fingerprint density at radius 3 is 2.77 bits per heavy atom. The van der Waals surface area contributed by atoms with Crippen LogP contribution in [0.5, 0.6) is 0 Å². The molecule has 164 valence electrons. The molecule has 0 bridgehead atoms. The number of aromatic nitrogens is 2. The number of benzene rings is 1. The van der Waals surface area contributed by atoms with E-state index in [1.165, 1.54) is 22.2 Å². The molecule has 1 aliphatic carbocycles. The quantitative estimate of drug-likeness (QED) is 0.431. The number of ether oxygens (including phenoxy) is 1. The summed E-state index contributed by atoms with van der Waals surface area (Å²) in [6, 6.07) is 7.78. The standard InChI is InChI=1S/C23H27N3O3S2/c1-14-8-10-16(11-9-14)26-22(28)20-17-6-4-5-7-18(17)31-21(20)25-23(26)30-13-19(27)24-15(2)12-29-3/h8-11,15H,4-7,12-13H2,1-3H3,(H,24,27). The number of amides is 1. The molecule has 0 fully saturated rings. The van der Waals surface area contributed by atoms with Crippen LogP contribution in [-0.2, 0) is 22.4 Å². The molecule has 4 rings (SSSR count). The van der Waals surface area contributed by atoms with Gasteiger partial charge in [0.25, 0.3) is 5.56 Å². The molecule has 3 aromatic rings. The number of methoxy groups -OCH3 is 1. The van der Waals surface area contributed by atoms with Crippen molar-refractivity contribution < 1.29 is 9.53 Å². The number of carbonyl (C=O) groups excluding carboxylic acids is 1. The highest BCUT2D eigenvalue weighted by atomic mass is 32.2. The molecular weight excluding hydrogens is 430 g/mol. The van der Waals surface area contributed by atoms with E-state index in [-0.39, 0.29) is 23.3 Å². The number of hydrogen-bond acceptors (Lipinski definition) is 6. The van der Waals surface area contributed by atoms with Gasteiger partial charge in [-0.25, -0.2) is 4.98 Å². The lowest BCUT2D eigenvalue weighted by molar-refractivity contribution is -0.119. The van der Waals surface area contributed by atoms with Gasteiger partial charge in [0.1, 0.15) is 4.83 Å². The summed E-state index contributed by atoms with van der Waals surface area (Å²) in [6.45, 7) is 4.37. The number of rotatable bonds is 7. The zero-order valence-corrected chi connectivity index (χ0v) is 19.7. The summed E-state index contributed by atoms with van der Waals surface area (Å²) < 4.78 is 6.75. The summed E-state index contributed by atoms with van der Waals surface area (Å²) in [4.78, 5) is 33.0. The van der Waals surface area contributed by atoms with E-state index in [1.54, 1.807) is 23.0 Å². The Morgan fingerprint density at radius 2 is 2.03 bits per heavy atom. The number of thiophene rings is 1. The molecule has 0 spiro atoms. The van der Waals surface area contributed by atoms with Crippen LogP contribution >= 0.6 is 23.1 Å². The Kier molecular flexibility index (Phi) is 6.79. The van der Waals surface area contributed by atoms with Crippen molar-refractivity contribution in [3.8, 4) is 5.69 Å². The minimum Gasteiger partial charge on any atom is -0.383 e. The summed E-state index contributed by atoms with van der Waals surface area (Å²) in [6.07, 6.45) is 4.22. The SMILES string of the molecule is COCC(C)NC(=O)CSc1nc2sc3c(c2c(=O)n1-c1ccc(C)cc1)CCCC3. The van der Waals surface area contributed by atoms with E-state index in [9.17, 15) is 9.59 Å². The first-order valence-electron chi connectivity index (χ1n) is 10.5. The summed E-state index contributed by atoms with van der Waals surface area (Å²) >= 11 is 2.93. The Hall–Kier alpha value is -2.16. The van der Waals surface area contributed by atoms with Gasteiger partial charge in [-0.3, -0.25) is 14.2 Å². The summed E-state index contributed by atoms with van der Waals surface area (Å²) in [7, 11) is 1.61. The van der Waals surface area contributed by atoms with Crippen LogP contribution in [0.15, 0.2) is 34.2 Å². The number of nitrogens with zero attached hydrogens (tertiary/aromatic N) is 2. The molecule has 6 nitrogen and oxygen atoms in total. The van der Waals surface area contributed by atoms with E-state index in [2.05, 4.69) is 5.32 Å². The maximum absolute atomic E-state index is 13.7. The Bertz CT molecular complexity index is 1150. The maximum atomic E-state index is 13.7. The monoisotopic (exact) mass is 457 g/mol. The summed E-state index contributed by atoms with van der Waals surface area (Å²) in [5.41, 5.74) is 3.03. The fraction of sp³-hybridized carbons (Fsp3) is 0.435. The minimum atomic E-state index is -0.107. The molecule has 2 heterocycles. The summed E-state index contributed by atoms with van der Waals surface area (Å²) in [5, 5.41) is 4.22. The van der Waals surface area contributed by atoms with E-state index in [1.807, 2.05) is 38.1 Å². The van der Waals surface area contributed by atoms with Gasteiger partial charge in [0.15, 0.2) is 5.16 Å². The van der Waals surface area contributed by atoms with Crippen molar-refractivity contribution in [3.63, 3.8) is 0 Å². The van der Waals surface area contributed by atoms with Crippen LogP contribution in [0.4, 0.5) is 0 Å². The molecule has 1 aliphatic rings. The van der Waals surface area contributed by atoms with Gasteiger partial charge in [0.05, 0.1) is 23.4 Å². The van der Waals surface area contributed by atoms with E-state index >= 15 is 0 Å². The van der Waals surface area contributed by atoms with Crippen LogP contribution in [0.25, 0.3) is 15.9 Å². The third-order valence-corrected chi connectivity index (χ3v) is 7.53. The molecule has 1 amide bonds. The predicted molar refractivity (Wildman–Crippen MR) is 127 cm³/mol. The molecule has 0 saturated heterocycles. The fourth-order valence-electron chi connectivity index (χ4n) is 3.94. The fourth-order valence-corrected chi connectivity index (χ4v) is 6.07. The van der Waals surface area contributed by atoms with Gasteiger partial charge in [-0.15, -0.1) is 11.3 Å². The molecule has 8 heteroatoms. The van der Waals surface area contributed by atoms with Gasteiger partial charge >= 0.3 is 0 Å². The van der Waals surface area contributed by atoms with Crippen molar-refractivity contribution >= 4 is 39.2 Å². The molecule has 0 saturated carbocycles. The molecule has 0 radical (unpaired) electrons. The highest BCUT2D eigenvalue weighted by Crippen LogP contribution is 2.35. The molecule has 1 atom stereocenters. The van der Waals surface area contributed by atoms with Crippen molar-refractivity contribution in [1.29, 1.82) is 0 Å². The zero-order chi connectivity index (χ0) is 22.0. The molecular formula is C23H27N3O3S2. The summed E-state index contributed by atoms with van der Waals surface area (Å²) in [5.74, 6) is 0.0768. The third kappa shape index (κ3) is 4.71. The number of aryl methyl sites for hydroxylation is 3. The minimum absolute atomic E-state index is 0.0380. The van der Waals surface area contributed by atoms with E-state index in [0.29, 0.717) is 11.8 Å². The van der Waals surface area contributed by atoms with E-state index in [0.717, 1.165) is 47.2 Å². The van der Waals surface area contributed by atoms with Crippen molar-refractivity contribution in [2.45, 2.75) is 50.7 Å². The third-order valence-electron chi connectivity index (χ3n) is 5.41. The molecule has 1 aromatic carbocycles. The predicted octanol–water partition coefficient (Wildman–Crippen LogP) is 3.88. The Morgan fingerprint density at radius 1 is 1.29 bits per heavy atom. The van der Waals surface area contributed by atoms with Gasteiger partial charge in [-0.2, -0.15) is 0 Å². The molecule has 2 aromatic heterocycles. The van der Waals surface area contributed by atoms with E-state index in [4.69, 9.17) is 9.72 Å². The molecule has 31 heavy (non-hydrogen) atoms. The second-order valence-electron chi connectivity index (χ2n) is 7.97. The van der Waals surface area contributed by atoms with Gasteiger partial charge in [-0.05, 0) is 57.2 Å². The first-order chi connectivity index (χ1) is 15.0. The van der Waals surface area contributed by atoms with Gasteiger partial charge < -0.3 is 10.1 Å². The van der Waals surface area contributed by atoms with Gasteiger partial charge in [0, 0.05) is 18.0 Å². The van der Waals surface area contributed by atoms with E-state index < -0.39 is 0 Å². The van der Waals surface area contributed by atoms with Crippen LogP contribution in [0, 0.1) is 6.92 Å². The van der Waals surface area contributed by atoms with Crippen LogP contribution in [0.3, 0.4) is 0 Å². The average Bonchev–Trinajstić information content (AvgIpc) is 3.12. The highest BCUT2D eigenvalue weighted by molar-refractivity contribution is 7.99. The Balaban J connectivity index is 1.74. The smallest absolute Gasteiger partial charge is 0.267 e. The van der Waals surface area contributed by atoms with Crippen molar-refractivity contribution in [2.24, 2.45) is 0 Å². The van der Waals surface area contributed by atoms with Gasteiger partial charge in [-0.1, -0.05) is 29.5 Å². The number of hydrogen-bond donors (Lipinski definition) is 1. The number of carbonyl (C=O) groups is 1. The lowest BCUT2D eigenvalue weighted by atomic mass is 9.97. The second-order valence-corrected chi connectivity index (χ2v) is 10.0. The van der Waals surface area contributed by atoms with Crippen molar-refractivity contribution in [3.05, 3.63) is 50.6 Å². The van der Waals surface area contributed by atoms with Crippen LogP contribution < -0.4 is 10.9 Å². The van der Waals surface area contributed by atoms with Crippen molar-refractivity contribution in [2.75, 3.05) is 19.5 Å². The normalized spacial score (nSPS) is 14.4. The number of nitrogens with one attached hydrogen (secondary N) is 1.